The molecule has 0 aliphatic carbocycles. The SMILES string of the molecule is COc1ccc(CNCc2cncn2C)c(OC)c1OC. The van der Waals surface area contributed by atoms with Gasteiger partial charge in [-0.25, -0.2) is 4.98 Å². The highest BCUT2D eigenvalue weighted by Crippen LogP contribution is 2.39. The van der Waals surface area contributed by atoms with Crippen LogP contribution in [0.15, 0.2) is 24.7 Å². The first kappa shape index (κ1) is 15.2. The Morgan fingerprint density at radius 1 is 1.05 bits per heavy atom. The highest BCUT2D eigenvalue weighted by molar-refractivity contribution is 5.55. The summed E-state index contributed by atoms with van der Waals surface area (Å²) in [6, 6.07) is 3.85. The van der Waals surface area contributed by atoms with Gasteiger partial charge in [0, 0.05) is 31.9 Å². The van der Waals surface area contributed by atoms with Crippen molar-refractivity contribution in [2.45, 2.75) is 13.1 Å². The molecular weight excluding hydrogens is 270 g/mol. The van der Waals surface area contributed by atoms with Crippen LogP contribution >= 0.6 is 0 Å². The molecule has 2 rings (SSSR count). The fourth-order valence-corrected chi connectivity index (χ4v) is 2.18. The molecule has 0 amide bonds. The van der Waals surface area contributed by atoms with Crippen LogP contribution in [-0.4, -0.2) is 30.9 Å². The first-order chi connectivity index (χ1) is 10.2. The summed E-state index contributed by atoms with van der Waals surface area (Å²) in [5.41, 5.74) is 2.13. The van der Waals surface area contributed by atoms with E-state index in [4.69, 9.17) is 14.2 Å². The van der Waals surface area contributed by atoms with Crippen molar-refractivity contribution < 1.29 is 14.2 Å². The minimum absolute atomic E-state index is 0.611. The van der Waals surface area contributed by atoms with Crippen molar-refractivity contribution in [1.82, 2.24) is 14.9 Å². The number of methoxy groups -OCH3 is 3. The summed E-state index contributed by atoms with van der Waals surface area (Å²) in [5.74, 6) is 1.96. The molecule has 1 aromatic carbocycles. The highest BCUT2D eigenvalue weighted by atomic mass is 16.5. The molecule has 0 aliphatic heterocycles. The lowest BCUT2D eigenvalue weighted by atomic mass is 10.1. The molecule has 0 aliphatic rings. The maximum atomic E-state index is 5.46. The lowest BCUT2D eigenvalue weighted by molar-refractivity contribution is 0.321. The Bertz CT molecular complexity index is 596. The molecule has 1 N–H and O–H groups in total. The summed E-state index contributed by atoms with van der Waals surface area (Å²) in [7, 11) is 6.81. The van der Waals surface area contributed by atoms with Crippen LogP contribution in [0.2, 0.25) is 0 Å². The maximum absolute atomic E-state index is 5.46. The second kappa shape index (κ2) is 6.99. The van der Waals surface area contributed by atoms with E-state index in [0.29, 0.717) is 23.8 Å². The zero-order chi connectivity index (χ0) is 15.2. The molecule has 2 aromatic rings. The van der Waals surface area contributed by atoms with Crippen LogP contribution in [-0.2, 0) is 20.1 Å². The lowest BCUT2D eigenvalue weighted by Crippen LogP contribution is -2.15. The average molecular weight is 291 g/mol. The van der Waals surface area contributed by atoms with E-state index in [1.165, 1.54) is 0 Å². The summed E-state index contributed by atoms with van der Waals surface area (Å²) in [6.45, 7) is 1.39. The number of aryl methyl sites for hydroxylation is 1. The van der Waals surface area contributed by atoms with Crippen LogP contribution < -0.4 is 19.5 Å². The Morgan fingerprint density at radius 3 is 2.38 bits per heavy atom. The third kappa shape index (κ3) is 3.28. The van der Waals surface area contributed by atoms with Gasteiger partial charge in [-0.15, -0.1) is 0 Å². The van der Waals surface area contributed by atoms with Crippen molar-refractivity contribution in [2.75, 3.05) is 21.3 Å². The Morgan fingerprint density at radius 2 is 1.81 bits per heavy atom. The van der Waals surface area contributed by atoms with Crippen LogP contribution in [0.5, 0.6) is 17.2 Å². The smallest absolute Gasteiger partial charge is 0.203 e. The van der Waals surface area contributed by atoms with E-state index in [1.807, 2.05) is 29.9 Å². The molecule has 0 bridgehead atoms. The third-order valence-electron chi connectivity index (χ3n) is 3.32. The van der Waals surface area contributed by atoms with Crippen LogP contribution in [0.25, 0.3) is 0 Å². The molecule has 0 radical (unpaired) electrons. The van der Waals surface area contributed by atoms with Gasteiger partial charge in [0.05, 0.1) is 33.4 Å². The maximum Gasteiger partial charge on any atom is 0.203 e. The number of aromatic nitrogens is 2. The Hall–Kier alpha value is -2.21. The van der Waals surface area contributed by atoms with Gasteiger partial charge >= 0.3 is 0 Å². The third-order valence-corrected chi connectivity index (χ3v) is 3.32. The van der Waals surface area contributed by atoms with Crippen LogP contribution in [0.3, 0.4) is 0 Å². The van der Waals surface area contributed by atoms with Crippen molar-refractivity contribution in [3.63, 3.8) is 0 Å². The number of imidazole rings is 1. The highest BCUT2D eigenvalue weighted by Gasteiger charge is 2.15. The number of nitrogens with zero attached hydrogens (tertiary/aromatic N) is 2. The number of hydrogen-bond acceptors (Lipinski definition) is 5. The summed E-state index contributed by atoms with van der Waals surface area (Å²) >= 11 is 0. The predicted octanol–water partition coefficient (Wildman–Crippen LogP) is 1.74. The largest absolute Gasteiger partial charge is 0.493 e. The van der Waals surface area contributed by atoms with E-state index in [0.717, 1.165) is 17.8 Å². The minimum atomic E-state index is 0.611. The summed E-state index contributed by atoms with van der Waals surface area (Å²) in [4.78, 5) is 4.09. The van der Waals surface area contributed by atoms with Gasteiger partial charge in [0.2, 0.25) is 5.75 Å². The Labute approximate surface area is 124 Å². The van der Waals surface area contributed by atoms with E-state index < -0.39 is 0 Å². The second-order valence-corrected chi connectivity index (χ2v) is 4.59. The van der Waals surface area contributed by atoms with E-state index in [-0.39, 0.29) is 0 Å². The number of nitrogens with one attached hydrogen (secondary N) is 1. The van der Waals surface area contributed by atoms with Crippen LogP contribution in [0.4, 0.5) is 0 Å². The zero-order valence-corrected chi connectivity index (χ0v) is 12.8. The predicted molar refractivity (Wildman–Crippen MR) is 79.8 cm³/mol. The Kier molecular flexibility index (Phi) is 5.05. The lowest BCUT2D eigenvalue weighted by Gasteiger charge is -2.16. The van der Waals surface area contributed by atoms with E-state index in [1.54, 1.807) is 27.7 Å². The van der Waals surface area contributed by atoms with Crippen molar-refractivity contribution in [2.24, 2.45) is 7.05 Å². The molecule has 6 heteroatoms. The first-order valence-corrected chi connectivity index (χ1v) is 6.65. The fourth-order valence-electron chi connectivity index (χ4n) is 2.18. The topological polar surface area (TPSA) is 57.5 Å². The second-order valence-electron chi connectivity index (χ2n) is 4.59. The standard InChI is InChI=1S/C15H21N3O3/c1-18-10-17-9-12(18)8-16-7-11-5-6-13(19-2)15(21-4)14(11)20-3/h5-6,9-10,16H,7-8H2,1-4H3. The minimum Gasteiger partial charge on any atom is -0.493 e. The molecule has 114 valence electrons. The van der Waals surface area contributed by atoms with Crippen molar-refractivity contribution >= 4 is 0 Å². The van der Waals surface area contributed by atoms with Gasteiger partial charge in [0.1, 0.15) is 0 Å². The van der Waals surface area contributed by atoms with E-state index in [9.17, 15) is 0 Å². The number of ether oxygens (including phenoxy) is 3. The summed E-state index contributed by atoms with van der Waals surface area (Å²) < 4.78 is 18.1. The molecular formula is C15H21N3O3. The van der Waals surface area contributed by atoms with Gasteiger partial charge < -0.3 is 24.1 Å². The quantitative estimate of drug-likeness (QED) is 0.842. The first-order valence-electron chi connectivity index (χ1n) is 6.65. The molecule has 0 saturated heterocycles. The van der Waals surface area contributed by atoms with E-state index >= 15 is 0 Å². The molecule has 0 atom stereocenters. The molecule has 0 unspecified atom stereocenters. The van der Waals surface area contributed by atoms with Crippen LogP contribution in [0, 0.1) is 0 Å². The Balaban J connectivity index is 2.11. The molecule has 0 saturated carbocycles. The number of rotatable bonds is 7. The molecule has 6 nitrogen and oxygen atoms in total. The van der Waals surface area contributed by atoms with Gasteiger partial charge in [0.25, 0.3) is 0 Å². The average Bonchev–Trinajstić information content (AvgIpc) is 2.91. The molecule has 1 aromatic heterocycles. The normalized spacial score (nSPS) is 10.5. The van der Waals surface area contributed by atoms with Gasteiger partial charge in [-0.05, 0) is 6.07 Å². The van der Waals surface area contributed by atoms with Gasteiger partial charge in [-0.2, -0.15) is 0 Å². The van der Waals surface area contributed by atoms with Crippen molar-refractivity contribution in [3.05, 3.63) is 35.9 Å². The van der Waals surface area contributed by atoms with Gasteiger partial charge in [-0.3, -0.25) is 0 Å². The fraction of sp³-hybridized carbons (Fsp3) is 0.400. The number of benzene rings is 1. The molecule has 0 spiro atoms. The molecule has 1 heterocycles. The number of hydrogen-bond donors (Lipinski definition) is 1. The van der Waals surface area contributed by atoms with Crippen molar-refractivity contribution in [1.29, 1.82) is 0 Å². The summed E-state index contributed by atoms with van der Waals surface area (Å²) in [5, 5.41) is 3.37. The summed E-state index contributed by atoms with van der Waals surface area (Å²) in [6.07, 6.45) is 3.63. The van der Waals surface area contributed by atoms with Gasteiger partial charge in [0.15, 0.2) is 11.5 Å². The zero-order valence-electron chi connectivity index (χ0n) is 12.8. The molecule has 0 fully saturated rings. The van der Waals surface area contributed by atoms with Crippen LogP contribution in [0.1, 0.15) is 11.3 Å². The van der Waals surface area contributed by atoms with Crippen molar-refractivity contribution in [3.8, 4) is 17.2 Å². The van der Waals surface area contributed by atoms with Gasteiger partial charge in [-0.1, -0.05) is 6.07 Å². The molecule has 21 heavy (non-hydrogen) atoms. The monoisotopic (exact) mass is 291 g/mol. The van der Waals surface area contributed by atoms with E-state index in [2.05, 4.69) is 10.3 Å².